The average molecular weight is 589 g/mol. The first-order chi connectivity index (χ1) is 20.2. The quantitative estimate of drug-likeness (QED) is 0.319. The zero-order valence-corrected chi connectivity index (χ0v) is 24.0. The SMILES string of the molecule is COc1ccnc(C(=O)NC2CCCC(Oc3ccc(F)cc3)C(OC3CCCC3)C(C)OC2=O)c1OCOC(C)=O. The maximum absolute atomic E-state index is 13.5. The predicted molar refractivity (Wildman–Crippen MR) is 147 cm³/mol. The van der Waals surface area contributed by atoms with Gasteiger partial charge in [-0.15, -0.1) is 0 Å². The van der Waals surface area contributed by atoms with Gasteiger partial charge in [0.25, 0.3) is 5.91 Å². The first kappa shape index (κ1) is 31.0. The molecule has 1 aliphatic heterocycles. The number of amides is 1. The second kappa shape index (κ2) is 14.8. The van der Waals surface area contributed by atoms with Crippen LogP contribution >= 0.6 is 0 Å². The number of carbonyl (C=O) groups is 3. The summed E-state index contributed by atoms with van der Waals surface area (Å²) >= 11 is 0. The lowest BCUT2D eigenvalue weighted by atomic mass is 10.0. The van der Waals surface area contributed by atoms with E-state index in [9.17, 15) is 18.8 Å². The lowest BCUT2D eigenvalue weighted by molar-refractivity contribution is -0.168. The van der Waals surface area contributed by atoms with Gasteiger partial charge in [0.05, 0.1) is 13.2 Å². The normalized spacial score (nSPS) is 23.1. The van der Waals surface area contributed by atoms with E-state index < -0.39 is 49.0 Å². The van der Waals surface area contributed by atoms with E-state index in [2.05, 4.69) is 10.3 Å². The Hall–Kier alpha value is -3.93. The summed E-state index contributed by atoms with van der Waals surface area (Å²) in [6, 6.07) is 6.24. The van der Waals surface area contributed by atoms with E-state index in [0.29, 0.717) is 18.6 Å². The van der Waals surface area contributed by atoms with Gasteiger partial charge in [0.2, 0.25) is 6.79 Å². The molecule has 2 fully saturated rings. The second-order valence-electron chi connectivity index (χ2n) is 10.3. The number of benzene rings is 1. The Balaban J connectivity index is 1.51. The van der Waals surface area contributed by atoms with Crippen LogP contribution in [0.25, 0.3) is 0 Å². The molecule has 4 rings (SSSR count). The van der Waals surface area contributed by atoms with Crippen LogP contribution in [0.5, 0.6) is 17.2 Å². The van der Waals surface area contributed by atoms with E-state index >= 15 is 0 Å². The van der Waals surface area contributed by atoms with Crippen molar-refractivity contribution in [3.05, 3.63) is 48.0 Å². The third kappa shape index (κ3) is 8.31. The minimum atomic E-state index is -0.994. The Bertz CT molecular complexity index is 1220. The van der Waals surface area contributed by atoms with Crippen molar-refractivity contribution in [3.8, 4) is 17.2 Å². The van der Waals surface area contributed by atoms with Crippen LogP contribution in [0.3, 0.4) is 0 Å². The van der Waals surface area contributed by atoms with E-state index in [1.807, 2.05) is 0 Å². The number of pyridine rings is 1. The maximum Gasteiger partial charge on any atom is 0.329 e. The molecule has 1 aliphatic carbocycles. The van der Waals surface area contributed by atoms with Crippen molar-refractivity contribution in [2.24, 2.45) is 0 Å². The Morgan fingerprint density at radius 1 is 1.07 bits per heavy atom. The fraction of sp³-hybridized carbons (Fsp3) is 0.533. The average Bonchev–Trinajstić information content (AvgIpc) is 3.49. The summed E-state index contributed by atoms with van der Waals surface area (Å²) in [7, 11) is 1.39. The van der Waals surface area contributed by atoms with Crippen LogP contribution in [0.4, 0.5) is 4.39 Å². The number of methoxy groups -OCH3 is 1. The van der Waals surface area contributed by atoms with Crippen molar-refractivity contribution >= 4 is 17.8 Å². The number of esters is 2. The van der Waals surface area contributed by atoms with Gasteiger partial charge in [0.1, 0.15) is 35.9 Å². The number of carbonyl (C=O) groups excluding carboxylic acids is 3. The van der Waals surface area contributed by atoms with Crippen LogP contribution in [0, 0.1) is 5.82 Å². The third-order valence-corrected chi connectivity index (χ3v) is 7.22. The molecule has 0 radical (unpaired) electrons. The molecule has 1 N–H and O–H groups in total. The van der Waals surface area contributed by atoms with Crippen LogP contribution in [-0.4, -0.2) is 67.2 Å². The van der Waals surface area contributed by atoms with E-state index in [4.69, 9.17) is 28.4 Å². The molecular weight excluding hydrogens is 551 g/mol. The standard InChI is InChI=1S/C30H37FN2O9/c1-18-27(42-21-7-4-5-8-21)25(41-22-13-11-20(31)12-14-22)10-6-9-23(30(36)40-18)33-29(35)26-28(39-17-38-19(2)34)24(37-3)15-16-32-26/h11-16,18,21,23,25,27H,4-10,17H2,1-3H3,(H,33,35). The van der Waals surface area contributed by atoms with Crippen molar-refractivity contribution in [1.29, 1.82) is 0 Å². The highest BCUT2D eigenvalue weighted by molar-refractivity contribution is 5.98. The zero-order chi connectivity index (χ0) is 30.1. The summed E-state index contributed by atoms with van der Waals surface area (Å²) in [5.41, 5.74) is -0.151. The van der Waals surface area contributed by atoms with Gasteiger partial charge in [-0.05, 0) is 63.3 Å². The number of halogens is 1. The van der Waals surface area contributed by atoms with Gasteiger partial charge < -0.3 is 33.7 Å². The highest BCUT2D eigenvalue weighted by Gasteiger charge is 2.38. The molecule has 4 unspecified atom stereocenters. The Morgan fingerprint density at radius 3 is 2.50 bits per heavy atom. The minimum absolute atomic E-state index is 0.0243. The second-order valence-corrected chi connectivity index (χ2v) is 10.3. The molecule has 2 aliphatic rings. The van der Waals surface area contributed by atoms with Crippen molar-refractivity contribution in [2.75, 3.05) is 13.9 Å². The highest BCUT2D eigenvalue weighted by atomic mass is 19.1. The summed E-state index contributed by atoms with van der Waals surface area (Å²) in [4.78, 5) is 41.9. The Morgan fingerprint density at radius 2 is 1.81 bits per heavy atom. The van der Waals surface area contributed by atoms with Crippen molar-refractivity contribution in [1.82, 2.24) is 10.3 Å². The smallest absolute Gasteiger partial charge is 0.329 e. The van der Waals surface area contributed by atoms with Crippen molar-refractivity contribution < 1.29 is 47.2 Å². The van der Waals surface area contributed by atoms with E-state index in [1.165, 1.54) is 38.4 Å². The molecule has 2 aromatic rings. The molecule has 1 aromatic carbocycles. The van der Waals surface area contributed by atoms with Gasteiger partial charge in [0, 0.05) is 19.2 Å². The summed E-state index contributed by atoms with van der Waals surface area (Å²) in [6.07, 6.45) is 4.83. The topological polar surface area (TPSA) is 132 Å². The molecule has 4 atom stereocenters. The first-order valence-electron chi connectivity index (χ1n) is 14.1. The largest absolute Gasteiger partial charge is 0.493 e. The minimum Gasteiger partial charge on any atom is -0.493 e. The van der Waals surface area contributed by atoms with Gasteiger partial charge in [-0.2, -0.15) is 0 Å². The lowest BCUT2D eigenvalue weighted by Crippen LogP contribution is -2.47. The number of hydrogen-bond donors (Lipinski definition) is 1. The van der Waals surface area contributed by atoms with Gasteiger partial charge in [-0.25, -0.2) is 14.2 Å². The van der Waals surface area contributed by atoms with Crippen LogP contribution in [-0.2, 0) is 23.8 Å². The van der Waals surface area contributed by atoms with Crippen LogP contribution in [0.2, 0.25) is 0 Å². The number of aromatic nitrogens is 1. The number of rotatable bonds is 10. The summed E-state index contributed by atoms with van der Waals surface area (Å²) in [5.74, 6) is -1.62. The van der Waals surface area contributed by atoms with Crippen molar-refractivity contribution in [3.63, 3.8) is 0 Å². The summed E-state index contributed by atoms with van der Waals surface area (Å²) in [6.45, 7) is 2.51. The molecule has 0 spiro atoms. The van der Waals surface area contributed by atoms with Crippen LogP contribution < -0.4 is 19.5 Å². The fourth-order valence-corrected chi connectivity index (χ4v) is 5.12. The number of hydrogen-bond acceptors (Lipinski definition) is 10. The Kier molecular flexibility index (Phi) is 10.9. The van der Waals surface area contributed by atoms with Gasteiger partial charge in [-0.3, -0.25) is 9.59 Å². The number of nitrogens with one attached hydrogen (secondary N) is 1. The molecule has 12 heteroatoms. The maximum atomic E-state index is 13.5. The van der Waals surface area contributed by atoms with E-state index in [0.717, 1.165) is 25.7 Å². The first-order valence-corrected chi connectivity index (χ1v) is 14.1. The predicted octanol–water partition coefficient (Wildman–Crippen LogP) is 4.12. The summed E-state index contributed by atoms with van der Waals surface area (Å²) in [5, 5.41) is 2.71. The van der Waals surface area contributed by atoms with Gasteiger partial charge in [-0.1, -0.05) is 12.8 Å². The van der Waals surface area contributed by atoms with Crippen LogP contribution in [0.1, 0.15) is 69.3 Å². The monoisotopic (exact) mass is 588 g/mol. The molecule has 228 valence electrons. The highest BCUT2D eigenvalue weighted by Crippen LogP contribution is 2.31. The molecular formula is C30H37FN2O9. The molecule has 1 saturated heterocycles. The third-order valence-electron chi connectivity index (χ3n) is 7.22. The molecule has 1 aromatic heterocycles. The lowest BCUT2D eigenvalue weighted by Gasteiger charge is -2.33. The van der Waals surface area contributed by atoms with E-state index in [-0.39, 0.29) is 35.5 Å². The number of cyclic esters (lactones) is 1. The summed E-state index contributed by atoms with van der Waals surface area (Å²) < 4.78 is 47.7. The molecule has 1 saturated carbocycles. The fourth-order valence-electron chi connectivity index (χ4n) is 5.12. The molecule has 11 nitrogen and oxygen atoms in total. The van der Waals surface area contributed by atoms with Crippen LogP contribution in [0.15, 0.2) is 36.5 Å². The molecule has 2 heterocycles. The number of nitrogens with zero attached hydrogens (tertiary/aromatic N) is 1. The molecule has 0 bridgehead atoms. The van der Waals surface area contributed by atoms with Crippen molar-refractivity contribution in [2.45, 2.75) is 89.3 Å². The Labute approximate surface area is 244 Å². The molecule has 42 heavy (non-hydrogen) atoms. The molecule has 1 amide bonds. The number of ether oxygens (including phenoxy) is 6. The van der Waals surface area contributed by atoms with E-state index in [1.54, 1.807) is 19.1 Å². The zero-order valence-electron chi connectivity index (χ0n) is 24.0. The van der Waals surface area contributed by atoms with Gasteiger partial charge in [0.15, 0.2) is 17.2 Å². The van der Waals surface area contributed by atoms with Gasteiger partial charge >= 0.3 is 11.9 Å².